The highest BCUT2D eigenvalue weighted by Gasteiger charge is 2.20. The van der Waals surface area contributed by atoms with Crippen LogP contribution in [-0.4, -0.2) is 11.1 Å². The maximum absolute atomic E-state index is 12.5. The lowest BCUT2D eigenvalue weighted by atomic mass is 9.93. The first-order chi connectivity index (χ1) is 9.75. The van der Waals surface area contributed by atoms with Gasteiger partial charge in [0.25, 0.3) is 5.91 Å². The summed E-state index contributed by atoms with van der Waals surface area (Å²) in [5.41, 5.74) is 7.94. The fourth-order valence-electron chi connectivity index (χ4n) is 2.67. The number of rotatable bonds is 2. The van der Waals surface area contributed by atoms with Crippen molar-refractivity contribution in [2.24, 2.45) is 0 Å². The van der Waals surface area contributed by atoms with Crippen LogP contribution in [0.5, 0.6) is 0 Å². The van der Waals surface area contributed by atoms with Crippen molar-refractivity contribution in [1.29, 1.82) is 0 Å². The highest BCUT2D eigenvalue weighted by Crippen LogP contribution is 2.30. The molecule has 1 N–H and O–H groups in total. The Morgan fingerprint density at radius 1 is 0.857 bits per heavy atom. The number of amides is 1. The molecular formula is C17H22N2O2. The van der Waals surface area contributed by atoms with Crippen LogP contribution in [0.15, 0.2) is 4.52 Å². The monoisotopic (exact) mass is 286 g/mol. The third-order valence-corrected chi connectivity index (χ3v) is 4.50. The molecule has 0 saturated carbocycles. The van der Waals surface area contributed by atoms with Crippen LogP contribution in [0, 0.1) is 48.5 Å². The number of aromatic nitrogens is 1. The highest BCUT2D eigenvalue weighted by atomic mass is 16.5. The van der Waals surface area contributed by atoms with E-state index < -0.39 is 0 Å². The molecule has 1 aromatic carbocycles. The number of anilines is 1. The molecule has 1 amide bonds. The van der Waals surface area contributed by atoms with Gasteiger partial charge in [-0.05, 0) is 76.3 Å². The molecule has 0 unspecified atom stereocenters. The number of nitrogens with zero attached hydrogens (tertiary/aromatic N) is 1. The van der Waals surface area contributed by atoms with Gasteiger partial charge in [0.15, 0.2) is 0 Å². The first-order valence-corrected chi connectivity index (χ1v) is 7.06. The number of nitrogens with one attached hydrogen (secondary N) is 1. The van der Waals surface area contributed by atoms with Crippen molar-refractivity contribution in [2.75, 3.05) is 5.32 Å². The summed E-state index contributed by atoms with van der Waals surface area (Å²) in [5.74, 6) is 0.376. The van der Waals surface area contributed by atoms with Crippen LogP contribution in [0.3, 0.4) is 0 Å². The number of hydrogen-bond acceptors (Lipinski definition) is 3. The third kappa shape index (κ3) is 2.46. The number of hydrogen-bond donors (Lipinski definition) is 1. The Morgan fingerprint density at radius 3 is 1.76 bits per heavy atom. The summed E-state index contributed by atoms with van der Waals surface area (Å²) < 4.78 is 5.07. The summed E-state index contributed by atoms with van der Waals surface area (Å²) in [6.07, 6.45) is 0. The molecular weight excluding hydrogens is 264 g/mol. The number of aryl methyl sites for hydroxylation is 2. The lowest BCUT2D eigenvalue weighted by molar-refractivity contribution is 0.102. The maximum Gasteiger partial charge on any atom is 0.261 e. The number of carbonyl (C=O) groups excluding carboxylic acids is 1. The van der Waals surface area contributed by atoms with E-state index in [1.807, 2.05) is 13.8 Å². The molecule has 21 heavy (non-hydrogen) atoms. The molecule has 112 valence electrons. The molecule has 1 heterocycles. The first-order valence-electron chi connectivity index (χ1n) is 7.06. The lowest BCUT2D eigenvalue weighted by Gasteiger charge is -2.19. The van der Waals surface area contributed by atoms with Crippen LogP contribution in [-0.2, 0) is 0 Å². The minimum absolute atomic E-state index is 0.167. The summed E-state index contributed by atoms with van der Waals surface area (Å²) in [6.45, 7) is 13.9. The Hall–Kier alpha value is -2.10. The fraction of sp³-hybridized carbons (Fsp3) is 0.412. The zero-order chi connectivity index (χ0) is 15.9. The maximum atomic E-state index is 12.5. The second-order valence-corrected chi connectivity index (χ2v) is 5.65. The summed E-state index contributed by atoms with van der Waals surface area (Å²) in [4.78, 5) is 12.5. The zero-order valence-corrected chi connectivity index (χ0v) is 13.8. The van der Waals surface area contributed by atoms with Gasteiger partial charge in [0, 0.05) is 5.69 Å². The van der Waals surface area contributed by atoms with Gasteiger partial charge in [-0.1, -0.05) is 5.16 Å². The summed E-state index contributed by atoms with van der Waals surface area (Å²) in [6, 6.07) is 0. The quantitative estimate of drug-likeness (QED) is 0.904. The van der Waals surface area contributed by atoms with E-state index in [1.54, 1.807) is 13.8 Å². The van der Waals surface area contributed by atoms with Crippen molar-refractivity contribution in [2.45, 2.75) is 48.5 Å². The summed E-state index contributed by atoms with van der Waals surface area (Å²) in [5, 5.41) is 6.87. The summed E-state index contributed by atoms with van der Waals surface area (Å²) in [7, 11) is 0. The molecule has 0 aliphatic rings. The molecule has 0 spiro atoms. The number of benzene rings is 1. The van der Waals surface area contributed by atoms with Crippen LogP contribution in [0.25, 0.3) is 0 Å². The van der Waals surface area contributed by atoms with Crippen molar-refractivity contribution >= 4 is 11.6 Å². The standard InChI is InChI=1S/C17H22N2O2/c1-8-9(2)11(4)16(12(5)10(8)3)18-17(20)15-13(6)19-21-14(15)7/h1-7H3,(H,18,20). The fourth-order valence-corrected chi connectivity index (χ4v) is 2.67. The Labute approximate surface area is 125 Å². The minimum Gasteiger partial charge on any atom is -0.361 e. The normalized spacial score (nSPS) is 10.8. The van der Waals surface area contributed by atoms with Crippen molar-refractivity contribution < 1.29 is 9.32 Å². The van der Waals surface area contributed by atoms with E-state index >= 15 is 0 Å². The number of carbonyl (C=O) groups is 1. The van der Waals surface area contributed by atoms with Gasteiger partial charge in [0.1, 0.15) is 11.3 Å². The molecule has 2 aromatic rings. The van der Waals surface area contributed by atoms with Gasteiger partial charge in [0.2, 0.25) is 0 Å². The molecule has 0 fully saturated rings. The van der Waals surface area contributed by atoms with E-state index in [9.17, 15) is 4.79 Å². The first kappa shape index (κ1) is 15.3. The van der Waals surface area contributed by atoms with Crippen LogP contribution in [0.2, 0.25) is 0 Å². The molecule has 0 radical (unpaired) electrons. The SMILES string of the molecule is Cc1noc(C)c1C(=O)Nc1c(C)c(C)c(C)c(C)c1C. The van der Waals surface area contributed by atoms with Crippen LogP contribution in [0.1, 0.15) is 49.6 Å². The molecule has 0 atom stereocenters. The molecule has 2 rings (SSSR count). The second kappa shape index (κ2) is 5.35. The van der Waals surface area contributed by atoms with Gasteiger partial charge in [-0.3, -0.25) is 4.79 Å². The van der Waals surface area contributed by atoms with E-state index in [2.05, 4.69) is 31.2 Å². The molecule has 0 saturated heterocycles. The second-order valence-electron chi connectivity index (χ2n) is 5.65. The smallest absolute Gasteiger partial charge is 0.261 e. The summed E-state index contributed by atoms with van der Waals surface area (Å²) >= 11 is 0. The van der Waals surface area contributed by atoms with Gasteiger partial charge >= 0.3 is 0 Å². The van der Waals surface area contributed by atoms with E-state index in [0.29, 0.717) is 17.0 Å². The molecule has 0 aliphatic heterocycles. The van der Waals surface area contributed by atoms with Crippen LogP contribution < -0.4 is 5.32 Å². The van der Waals surface area contributed by atoms with E-state index in [0.717, 1.165) is 16.8 Å². The Kier molecular flexibility index (Phi) is 3.90. The predicted octanol–water partition coefficient (Wildman–Crippen LogP) is 4.09. The van der Waals surface area contributed by atoms with Crippen molar-refractivity contribution in [3.8, 4) is 0 Å². The van der Waals surface area contributed by atoms with E-state index in [1.165, 1.54) is 16.7 Å². The van der Waals surface area contributed by atoms with Crippen LogP contribution in [0.4, 0.5) is 5.69 Å². The van der Waals surface area contributed by atoms with Gasteiger partial charge < -0.3 is 9.84 Å². The predicted molar refractivity (Wildman–Crippen MR) is 84.1 cm³/mol. The van der Waals surface area contributed by atoms with E-state index in [4.69, 9.17) is 4.52 Å². The van der Waals surface area contributed by atoms with Gasteiger partial charge in [-0.25, -0.2) is 0 Å². The van der Waals surface area contributed by atoms with Crippen molar-refractivity contribution in [3.63, 3.8) is 0 Å². The van der Waals surface area contributed by atoms with Crippen molar-refractivity contribution in [1.82, 2.24) is 5.16 Å². The Bertz CT molecular complexity index is 678. The van der Waals surface area contributed by atoms with Gasteiger partial charge in [0.05, 0.1) is 5.69 Å². The highest BCUT2D eigenvalue weighted by molar-refractivity contribution is 6.06. The van der Waals surface area contributed by atoms with Crippen LogP contribution >= 0.6 is 0 Å². The lowest BCUT2D eigenvalue weighted by Crippen LogP contribution is -2.16. The average molecular weight is 286 g/mol. The zero-order valence-electron chi connectivity index (χ0n) is 13.8. The molecule has 4 heteroatoms. The van der Waals surface area contributed by atoms with E-state index in [-0.39, 0.29) is 5.91 Å². The molecule has 0 aliphatic carbocycles. The molecule has 1 aromatic heterocycles. The largest absolute Gasteiger partial charge is 0.361 e. The molecule has 0 bridgehead atoms. The topological polar surface area (TPSA) is 55.1 Å². The third-order valence-electron chi connectivity index (χ3n) is 4.50. The molecule has 4 nitrogen and oxygen atoms in total. The Morgan fingerprint density at radius 2 is 1.33 bits per heavy atom. The van der Waals surface area contributed by atoms with Gasteiger partial charge in [-0.2, -0.15) is 0 Å². The minimum atomic E-state index is -0.167. The Balaban J connectivity index is 2.48. The van der Waals surface area contributed by atoms with Crippen molar-refractivity contribution in [3.05, 3.63) is 44.8 Å². The van der Waals surface area contributed by atoms with Gasteiger partial charge in [-0.15, -0.1) is 0 Å². The average Bonchev–Trinajstić information content (AvgIpc) is 2.78.